The Kier molecular flexibility index (Phi) is 5.90. The minimum absolute atomic E-state index is 0.620. The van der Waals surface area contributed by atoms with Crippen molar-refractivity contribution in [3.8, 4) is 0 Å². The summed E-state index contributed by atoms with van der Waals surface area (Å²) in [5.41, 5.74) is 0. The molecule has 4 nitrogen and oxygen atoms in total. The van der Waals surface area contributed by atoms with Gasteiger partial charge in [0.1, 0.15) is 22.4 Å². The molecule has 0 aliphatic carbocycles. The fraction of sp³-hybridized carbons (Fsp3) is 0.600. The monoisotopic (exact) mass is 304 g/mol. The summed E-state index contributed by atoms with van der Waals surface area (Å²) in [5, 5.41) is 6.33. The van der Waals surface area contributed by atoms with Gasteiger partial charge in [0.2, 0.25) is 0 Å². The van der Waals surface area contributed by atoms with E-state index in [0.29, 0.717) is 5.92 Å². The molecule has 0 amide bonds. The molecule has 0 saturated carbocycles. The van der Waals surface area contributed by atoms with Crippen molar-refractivity contribution >= 4 is 39.3 Å². The summed E-state index contributed by atoms with van der Waals surface area (Å²) in [6.45, 7) is 3.14. The lowest BCUT2D eigenvalue weighted by Gasteiger charge is -2.13. The third-order valence-electron chi connectivity index (χ3n) is 2.10. The van der Waals surface area contributed by atoms with Crippen LogP contribution in [0.4, 0.5) is 11.6 Å². The van der Waals surface area contributed by atoms with Gasteiger partial charge in [0.15, 0.2) is 0 Å². The number of nitrogens with zero attached hydrogens (tertiary/aromatic N) is 2. The zero-order chi connectivity index (χ0) is 12.0. The number of nitrogens with one attached hydrogen (secondary N) is 2. The summed E-state index contributed by atoms with van der Waals surface area (Å²) >= 11 is 5.34. The van der Waals surface area contributed by atoms with E-state index in [4.69, 9.17) is 0 Å². The van der Waals surface area contributed by atoms with Crippen LogP contribution in [0, 0.1) is 5.92 Å². The van der Waals surface area contributed by atoms with Gasteiger partial charge in [-0.15, -0.1) is 0 Å². The van der Waals surface area contributed by atoms with Crippen LogP contribution in [0.5, 0.6) is 0 Å². The van der Waals surface area contributed by atoms with Gasteiger partial charge in [-0.1, -0.05) is 6.92 Å². The van der Waals surface area contributed by atoms with Gasteiger partial charge in [-0.05, 0) is 33.9 Å². The number of hydrogen-bond acceptors (Lipinski definition) is 5. The molecule has 1 heterocycles. The summed E-state index contributed by atoms with van der Waals surface area (Å²) in [6, 6.07) is 0. The first-order chi connectivity index (χ1) is 7.69. The minimum atomic E-state index is 0.620. The van der Waals surface area contributed by atoms with Crippen molar-refractivity contribution < 1.29 is 0 Å². The quantitative estimate of drug-likeness (QED) is 0.846. The summed E-state index contributed by atoms with van der Waals surface area (Å²) < 4.78 is 0.883. The molecule has 0 aliphatic heterocycles. The number of aromatic nitrogens is 2. The van der Waals surface area contributed by atoms with Crippen molar-refractivity contribution in [1.29, 1.82) is 0 Å². The summed E-state index contributed by atoms with van der Waals surface area (Å²) in [6.07, 6.45) is 3.67. The van der Waals surface area contributed by atoms with Crippen LogP contribution >= 0.6 is 27.7 Å². The summed E-state index contributed by atoms with van der Waals surface area (Å²) in [5.74, 6) is 3.41. The van der Waals surface area contributed by atoms with E-state index < -0.39 is 0 Å². The van der Waals surface area contributed by atoms with Crippen LogP contribution in [0.2, 0.25) is 0 Å². The molecule has 1 aromatic heterocycles. The van der Waals surface area contributed by atoms with Gasteiger partial charge in [0, 0.05) is 13.6 Å². The van der Waals surface area contributed by atoms with Crippen LogP contribution in [0.25, 0.3) is 0 Å². The Bertz CT molecular complexity index is 335. The molecule has 0 radical (unpaired) electrons. The maximum absolute atomic E-state index is 4.20. The topological polar surface area (TPSA) is 49.8 Å². The molecule has 0 aliphatic rings. The van der Waals surface area contributed by atoms with Crippen molar-refractivity contribution in [2.75, 3.05) is 36.2 Å². The zero-order valence-corrected chi connectivity index (χ0v) is 12.2. The second-order valence-electron chi connectivity index (χ2n) is 3.58. The third-order valence-corrected chi connectivity index (χ3v) is 3.75. The van der Waals surface area contributed by atoms with Gasteiger partial charge in [-0.2, -0.15) is 11.8 Å². The highest BCUT2D eigenvalue weighted by molar-refractivity contribution is 9.10. The van der Waals surface area contributed by atoms with Crippen molar-refractivity contribution in [2.24, 2.45) is 5.92 Å². The number of hydrogen-bond donors (Lipinski definition) is 2. The Morgan fingerprint density at radius 1 is 1.44 bits per heavy atom. The van der Waals surface area contributed by atoms with Crippen LogP contribution in [0.3, 0.4) is 0 Å². The van der Waals surface area contributed by atoms with Crippen molar-refractivity contribution in [2.45, 2.75) is 6.92 Å². The molecule has 6 heteroatoms. The maximum atomic E-state index is 4.20. The summed E-state index contributed by atoms with van der Waals surface area (Å²) in [7, 11) is 1.84. The third kappa shape index (κ3) is 3.83. The Balaban J connectivity index is 2.60. The van der Waals surface area contributed by atoms with Crippen LogP contribution < -0.4 is 10.6 Å². The molecular formula is C10H17BrN4S. The predicted octanol–water partition coefficient (Wildman–Crippen LogP) is 2.69. The molecular weight excluding hydrogens is 288 g/mol. The van der Waals surface area contributed by atoms with Crippen LogP contribution in [0.1, 0.15) is 6.92 Å². The smallest absolute Gasteiger partial charge is 0.145 e. The van der Waals surface area contributed by atoms with Crippen molar-refractivity contribution in [1.82, 2.24) is 9.97 Å². The van der Waals surface area contributed by atoms with Gasteiger partial charge < -0.3 is 10.6 Å². The van der Waals surface area contributed by atoms with Crippen LogP contribution in [-0.4, -0.2) is 35.6 Å². The van der Waals surface area contributed by atoms with E-state index in [0.717, 1.165) is 28.4 Å². The van der Waals surface area contributed by atoms with E-state index in [1.165, 1.54) is 0 Å². The Morgan fingerprint density at radius 3 is 2.75 bits per heavy atom. The van der Waals surface area contributed by atoms with E-state index in [-0.39, 0.29) is 0 Å². The second-order valence-corrected chi connectivity index (χ2v) is 5.28. The standard InChI is InChI=1S/C10H17BrN4S/c1-7(5-16-3)4-13-10-8(11)9(12-2)14-6-15-10/h6-7H,4-5H2,1-3H3,(H2,12,13,14,15). The Hall–Kier alpha value is -0.490. The van der Waals surface area contributed by atoms with Gasteiger partial charge in [0.25, 0.3) is 0 Å². The zero-order valence-electron chi connectivity index (χ0n) is 9.75. The van der Waals surface area contributed by atoms with Gasteiger partial charge in [-0.3, -0.25) is 0 Å². The number of halogens is 1. The van der Waals surface area contributed by atoms with Gasteiger partial charge in [0.05, 0.1) is 0 Å². The van der Waals surface area contributed by atoms with Crippen LogP contribution in [0.15, 0.2) is 10.8 Å². The summed E-state index contributed by atoms with van der Waals surface area (Å²) in [4.78, 5) is 8.31. The van der Waals surface area contributed by atoms with Crippen molar-refractivity contribution in [3.63, 3.8) is 0 Å². The Morgan fingerprint density at radius 2 is 2.12 bits per heavy atom. The Labute approximate surface area is 109 Å². The molecule has 1 atom stereocenters. The van der Waals surface area contributed by atoms with E-state index in [9.17, 15) is 0 Å². The first-order valence-electron chi connectivity index (χ1n) is 5.10. The molecule has 1 unspecified atom stereocenters. The molecule has 2 N–H and O–H groups in total. The SMILES string of the molecule is CNc1ncnc(NCC(C)CSC)c1Br. The second kappa shape index (κ2) is 6.96. The average Bonchev–Trinajstić information content (AvgIpc) is 2.28. The largest absolute Gasteiger partial charge is 0.372 e. The fourth-order valence-corrected chi connectivity index (χ4v) is 2.51. The maximum Gasteiger partial charge on any atom is 0.145 e. The average molecular weight is 305 g/mol. The van der Waals surface area contributed by atoms with Crippen LogP contribution in [-0.2, 0) is 0 Å². The lowest BCUT2D eigenvalue weighted by atomic mass is 10.2. The number of anilines is 2. The molecule has 0 bridgehead atoms. The highest BCUT2D eigenvalue weighted by atomic mass is 79.9. The van der Waals surface area contributed by atoms with E-state index in [2.05, 4.69) is 49.7 Å². The number of rotatable bonds is 6. The molecule has 90 valence electrons. The fourth-order valence-electron chi connectivity index (χ4n) is 1.28. The first kappa shape index (κ1) is 13.6. The molecule has 0 saturated heterocycles. The highest BCUT2D eigenvalue weighted by Gasteiger charge is 2.08. The predicted molar refractivity (Wildman–Crippen MR) is 75.3 cm³/mol. The van der Waals surface area contributed by atoms with Crippen molar-refractivity contribution in [3.05, 3.63) is 10.8 Å². The molecule has 0 spiro atoms. The molecule has 0 aromatic carbocycles. The normalized spacial score (nSPS) is 12.2. The molecule has 16 heavy (non-hydrogen) atoms. The first-order valence-corrected chi connectivity index (χ1v) is 7.28. The minimum Gasteiger partial charge on any atom is -0.372 e. The van der Waals surface area contributed by atoms with E-state index in [1.54, 1.807) is 6.33 Å². The molecule has 1 aromatic rings. The highest BCUT2D eigenvalue weighted by Crippen LogP contribution is 2.26. The van der Waals surface area contributed by atoms with E-state index >= 15 is 0 Å². The lowest BCUT2D eigenvalue weighted by molar-refractivity contribution is 0.699. The molecule has 1 rings (SSSR count). The van der Waals surface area contributed by atoms with Gasteiger partial charge >= 0.3 is 0 Å². The number of thioether (sulfide) groups is 1. The molecule has 0 fully saturated rings. The lowest BCUT2D eigenvalue weighted by Crippen LogP contribution is -2.14. The van der Waals surface area contributed by atoms with E-state index in [1.807, 2.05) is 18.8 Å². The van der Waals surface area contributed by atoms with Gasteiger partial charge in [-0.25, -0.2) is 9.97 Å².